The van der Waals surface area contributed by atoms with Gasteiger partial charge in [0, 0.05) is 10.6 Å². The Hall–Kier alpha value is -2.91. The summed E-state index contributed by atoms with van der Waals surface area (Å²) in [4.78, 5) is 24.0. The van der Waals surface area contributed by atoms with Crippen LogP contribution in [0.25, 0.3) is 0 Å². The fourth-order valence-corrected chi connectivity index (χ4v) is 2.29. The highest BCUT2D eigenvalue weighted by Gasteiger charge is 2.20. The minimum Gasteiger partial charge on any atom is -0.452 e. The number of carbonyl (C=O) groups excluding carboxylic acids is 2. The van der Waals surface area contributed by atoms with E-state index in [0.717, 1.165) is 0 Å². The van der Waals surface area contributed by atoms with Gasteiger partial charge in [-0.2, -0.15) is 5.26 Å². The van der Waals surface area contributed by atoms with Crippen LogP contribution in [0.3, 0.4) is 0 Å². The van der Waals surface area contributed by atoms with Gasteiger partial charge in [-0.15, -0.1) is 0 Å². The zero-order valence-corrected chi connectivity index (χ0v) is 14.0. The SMILES string of the molecule is C[C@H](OC(=O)Cc1c(F)cccc1Cl)C(=O)Nc1ccccc1C#N. The van der Waals surface area contributed by atoms with Crippen LogP contribution in [-0.2, 0) is 20.7 Å². The number of ether oxygens (including phenoxy) is 1. The van der Waals surface area contributed by atoms with Crippen LogP contribution in [0.2, 0.25) is 5.02 Å². The molecular weight excluding hydrogens is 347 g/mol. The van der Waals surface area contributed by atoms with Gasteiger partial charge in [0.2, 0.25) is 0 Å². The zero-order chi connectivity index (χ0) is 18.4. The first-order valence-corrected chi connectivity index (χ1v) is 7.72. The number of carbonyl (C=O) groups is 2. The molecule has 7 heteroatoms. The van der Waals surface area contributed by atoms with Crippen LogP contribution >= 0.6 is 11.6 Å². The average molecular weight is 361 g/mol. The van der Waals surface area contributed by atoms with Crippen molar-refractivity contribution in [3.63, 3.8) is 0 Å². The molecule has 5 nitrogen and oxygen atoms in total. The second-order valence-electron chi connectivity index (χ2n) is 5.16. The van der Waals surface area contributed by atoms with E-state index >= 15 is 0 Å². The van der Waals surface area contributed by atoms with Gasteiger partial charge in [-0.3, -0.25) is 9.59 Å². The van der Waals surface area contributed by atoms with Crippen molar-refractivity contribution in [2.45, 2.75) is 19.4 Å². The predicted molar refractivity (Wildman–Crippen MR) is 90.5 cm³/mol. The number of benzene rings is 2. The molecule has 0 bridgehead atoms. The standard InChI is InChI=1S/C18H14ClFN2O3/c1-11(18(24)22-16-8-3-2-5-12(16)10-21)25-17(23)9-13-14(19)6-4-7-15(13)20/h2-8,11H,9H2,1H3,(H,22,24)/t11-/m0/s1. The molecule has 0 radical (unpaired) electrons. The molecule has 1 amide bonds. The summed E-state index contributed by atoms with van der Waals surface area (Å²) < 4.78 is 18.7. The minimum atomic E-state index is -1.12. The highest BCUT2D eigenvalue weighted by atomic mass is 35.5. The molecule has 0 saturated carbocycles. The molecule has 2 rings (SSSR count). The number of hydrogen-bond acceptors (Lipinski definition) is 4. The number of nitriles is 1. The number of hydrogen-bond donors (Lipinski definition) is 1. The monoisotopic (exact) mass is 360 g/mol. The lowest BCUT2D eigenvalue weighted by atomic mass is 10.1. The summed E-state index contributed by atoms with van der Waals surface area (Å²) in [5.41, 5.74) is 0.610. The fraction of sp³-hybridized carbons (Fsp3) is 0.167. The largest absolute Gasteiger partial charge is 0.452 e. The quantitative estimate of drug-likeness (QED) is 0.828. The number of para-hydroxylation sites is 1. The predicted octanol–water partition coefficient (Wildman–Crippen LogP) is 3.46. The van der Waals surface area contributed by atoms with E-state index in [2.05, 4.69) is 5.32 Å². The summed E-state index contributed by atoms with van der Waals surface area (Å²) in [6.45, 7) is 1.38. The molecule has 2 aromatic carbocycles. The van der Waals surface area contributed by atoms with Crippen LogP contribution < -0.4 is 5.32 Å². The van der Waals surface area contributed by atoms with Crippen LogP contribution in [0, 0.1) is 17.1 Å². The second-order valence-corrected chi connectivity index (χ2v) is 5.56. The molecule has 1 N–H and O–H groups in total. The van der Waals surface area contributed by atoms with Gasteiger partial charge in [0.05, 0.1) is 17.7 Å². The highest BCUT2D eigenvalue weighted by Crippen LogP contribution is 2.20. The molecule has 128 valence electrons. The van der Waals surface area contributed by atoms with E-state index in [0.29, 0.717) is 5.69 Å². The van der Waals surface area contributed by atoms with Gasteiger partial charge in [0.25, 0.3) is 5.91 Å². The van der Waals surface area contributed by atoms with Crippen molar-refractivity contribution in [3.8, 4) is 6.07 Å². The van der Waals surface area contributed by atoms with E-state index in [4.69, 9.17) is 21.6 Å². The van der Waals surface area contributed by atoms with Crippen LogP contribution in [0.15, 0.2) is 42.5 Å². The Labute approximate surface area is 149 Å². The number of anilines is 1. The molecule has 1 atom stereocenters. The van der Waals surface area contributed by atoms with Crippen molar-refractivity contribution in [1.82, 2.24) is 0 Å². The van der Waals surface area contributed by atoms with Crippen molar-refractivity contribution < 1.29 is 18.7 Å². The Morgan fingerprint density at radius 3 is 2.68 bits per heavy atom. The molecule has 0 spiro atoms. The molecule has 0 aliphatic heterocycles. The Morgan fingerprint density at radius 1 is 1.28 bits per heavy atom. The second kappa shape index (κ2) is 8.27. The molecule has 0 fully saturated rings. The number of rotatable bonds is 5. The zero-order valence-electron chi connectivity index (χ0n) is 13.3. The number of nitrogens with one attached hydrogen (secondary N) is 1. The van der Waals surface area contributed by atoms with Gasteiger partial charge in [-0.25, -0.2) is 4.39 Å². The van der Waals surface area contributed by atoms with E-state index in [1.807, 2.05) is 6.07 Å². The van der Waals surface area contributed by atoms with E-state index in [1.165, 1.54) is 25.1 Å². The summed E-state index contributed by atoms with van der Waals surface area (Å²) in [7, 11) is 0. The highest BCUT2D eigenvalue weighted by molar-refractivity contribution is 6.31. The molecule has 2 aromatic rings. The van der Waals surface area contributed by atoms with Crippen molar-refractivity contribution in [1.29, 1.82) is 5.26 Å². The van der Waals surface area contributed by atoms with Crippen molar-refractivity contribution in [2.24, 2.45) is 0 Å². The van der Waals surface area contributed by atoms with Gasteiger partial charge in [0.1, 0.15) is 11.9 Å². The normalized spacial score (nSPS) is 11.3. The van der Waals surface area contributed by atoms with Gasteiger partial charge >= 0.3 is 5.97 Å². The Morgan fingerprint density at radius 2 is 2.00 bits per heavy atom. The van der Waals surface area contributed by atoms with Gasteiger partial charge in [-0.05, 0) is 31.2 Å². The molecule has 0 unspecified atom stereocenters. The summed E-state index contributed by atoms with van der Waals surface area (Å²) >= 11 is 5.86. The van der Waals surface area contributed by atoms with Crippen molar-refractivity contribution in [2.75, 3.05) is 5.32 Å². The third-order valence-electron chi connectivity index (χ3n) is 3.37. The lowest BCUT2D eigenvalue weighted by molar-refractivity contribution is -0.152. The maximum atomic E-state index is 13.7. The first kappa shape index (κ1) is 18.4. The molecule has 25 heavy (non-hydrogen) atoms. The first-order chi connectivity index (χ1) is 11.9. The van der Waals surface area contributed by atoms with Crippen molar-refractivity contribution in [3.05, 3.63) is 64.4 Å². The van der Waals surface area contributed by atoms with Gasteiger partial charge in [-0.1, -0.05) is 29.8 Å². The lowest BCUT2D eigenvalue weighted by Crippen LogP contribution is -2.30. The minimum absolute atomic E-state index is 0.0107. The third kappa shape index (κ3) is 4.78. The van der Waals surface area contributed by atoms with E-state index in [-0.39, 0.29) is 16.1 Å². The molecule has 0 saturated heterocycles. The lowest BCUT2D eigenvalue weighted by Gasteiger charge is -2.14. The molecule has 0 aliphatic rings. The summed E-state index contributed by atoms with van der Waals surface area (Å²) in [6, 6.07) is 12.4. The number of halogens is 2. The van der Waals surface area contributed by atoms with Gasteiger partial charge in [0.15, 0.2) is 6.10 Å². The number of nitrogens with zero attached hydrogens (tertiary/aromatic N) is 1. The topological polar surface area (TPSA) is 79.2 Å². The maximum Gasteiger partial charge on any atom is 0.311 e. The number of esters is 1. The summed E-state index contributed by atoms with van der Waals surface area (Å²) in [6.07, 6.45) is -1.51. The van der Waals surface area contributed by atoms with Crippen LogP contribution in [-0.4, -0.2) is 18.0 Å². The Kier molecular flexibility index (Phi) is 6.09. The fourth-order valence-electron chi connectivity index (χ4n) is 2.06. The van der Waals surface area contributed by atoms with E-state index in [9.17, 15) is 14.0 Å². The maximum absolute atomic E-state index is 13.7. The smallest absolute Gasteiger partial charge is 0.311 e. The molecule has 0 aromatic heterocycles. The third-order valence-corrected chi connectivity index (χ3v) is 3.72. The first-order valence-electron chi connectivity index (χ1n) is 7.34. The Bertz CT molecular complexity index is 828. The number of amides is 1. The van der Waals surface area contributed by atoms with Crippen LogP contribution in [0.5, 0.6) is 0 Å². The molecule has 0 aliphatic carbocycles. The van der Waals surface area contributed by atoms with Crippen LogP contribution in [0.4, 0.5) is 10.1 Å². The van der Waals surface area contributed by atoms with Gasteiger partial charge < -0.3 is 10.1 Å². The Balaban J connectivity index is 1.99. The van der Waals surface area contributed by atoms with E-state index in [1.54, 1.807) is 24.3 Å². The summed E-state index contributed by atoms with van der Waals surface area (Å²) in [5.74, 6) is -2.01. The van der Waals surface area contributed by atoms with E-state index < -0.39 is 30.2 Å². The molecule has 0 heterocycles. The van der Waals surface area contributed by atoms with Crippen molar-refractivity contribution >= 4 is 29.2 Å². The summed E-state index contributed by atoms with van der Waals surface area (Å²) in [5, 5.41) is 11.6. The molecular formula is C18H14ClFN2O3. The average Bonchev–Trinajstić information content (AvgIpc) is 2.58. The van der Waals surface area contributed by atoms with Crippen LogP contribution in [0.1, 0.15) is 18.1 Å².